The lowest BCUT2D eigenvalue weighted by molar-refractivity contribution is 0.250. The van der Waals surface area contributed by atoms with Crippen molar-refractivity contribution in [2.24, 2.45) is 11.8 Å². The third kappa shape index (κ3) is 7.60. The maximum atomic E-state index is 14.6. The average Bonchev–Trinajstić information content (AvgIpc) is 2.81. The van der Waals surface area contributed by atoms with Gasteiger partial charge in [0.2, 0.25) is 0 Å². The topological polar surface area (TPSA) is 0 Å². The summed E-state index contributed by atoms with van der Waals surface area (Å²) in [5, 5.41) is 0. The predicted octanol–water partition coefficient (Wildman–Crippen LogP) is 7.92. The second-order valence-electron chi connectivity index (χ2n) is 8.86. The molecule has 2 aromatic rings. The van der Waals surface area contributed by atoms with Crippen molar-refractivity contribution in [3.8, 4) is 23.7 Å². The molecule has 0 radical (unpaired) electrons. The van der Waals surface area contributed by atoms with Crippen molar-refractivity contribution in [2.75, 3.05) is 0 Å². The highest BCUT2D eigenvalue weighted by molar-refractivity contribution is 5.46. The van der Waals surface area contributed by atoms with E-state index in [0.29, 0.717) is 5.56 Å². The van der Waals surface area contributed by atoms with E-state index in [1.807, 2.05) is 43.3 Å². The second kappa shape index (κ2) is 12.4. The molecule has 0 spiro atoms. The molecule has 0 heterocycles. The second-order valence-corrected chi connectivity index (χ2v) is 8.86. The molecule has 0 atom stereocenters. The Labute approximate surface area is 188 Å². The summed E-state index contributed by atoms with van der Waals surface area (Å²) >= 11 is 0. The Balaban J connectivity index is 1.51. The molecule has 1 fully saturated rings. The fourth-order valence-corrected chi connectivity index (χ4v) is 4.45. The quantitative estimate of drug-likeness (QED) is 0.421. The Bertz CT molecular complexity index is 938. The van der Waals surface area contributed by atoms with Crippen molar-refractivity contribution < 1.29 is 4.39 Å². The average molecular weight is 415 g/mol. The van der Waals surface area contributed by atoms with Crippen LogP contribution in [-0.4, -0.2) is 0 Å². The number of rotatable bonds is 6. The minimum atomic E-state index is -0.210. The first-order valence-electron chi connectivity index (χ1n) is 12.1. The fraction of sp³-hybridized carbons (Fsp3) is 0.467. The maximum absolute atomic E-state index is 14.6. The Morgan fingerprint density at radius 3 is 2.06 bits per heavy atom. The number of hydrogen-bond donors (Lipinski definition) is 0. The van der Waals surface area contributed by atoms with E-state index in [2.05, 4.69) is 30.6 Å². The van der Waals surface area contributed by atoms with E-state index in [4.69, 9.17) is 0 Å². The van der Waals surface area contributed by atoms with Crippen molar-refractivity contribution in [3.05, 3.63) is 70.5 Å². The largest absolute Gasteiger partial charge is 0.206 e. The van der Waals surface area contributed by atoms with Crippen LogP contribution in [0.3, 0.4) is 0 Å². The van der Waals surface area contributed by atoms with Gasteiger partial charge in [-0.1, -0.05) is 88.5 Å². The molecule has 0 bridgehead atoms. The van der Waals surface area contributed by atoms with E-state index in [9.17, 15) is 4.39 Å². The van der Waals surface area contributed by atoms with E-state index in [1.165, 1.54) is 51.4 Å². The molecule has 31 heavy (non-hydrogen) atoms. The standard InChI is InChI=1S/C30H35F/c1-3-5-7-24-9-13-26(14-10-24)17-18-28-20-22-29(30(31)23-28)21-19-27-15-11-25(12-16-27)8-6-4-2/h11-12,15-16,20,22-24,26H,3-5,7,9-10,13-14,17-18H2,1-2H3. The summed E-state index contributed by atoms with van der Waals surface area (Å²) in [5.41, 5.74) is 3.42. The zero-order chi connectivity index (χ0) is 21.9. The lowest BCUT2D eigenvalue weighted by atomic mass is 9.78. The number of benzene rings is 2. The summed E-state index contributed by atoms with van der Waals surface area (Å²) in [6, 6.07) is 13.4. The van der Waals surface area contributed by atoms with Crippen molar-refractivity contribution in [1.82, 2.24) is 0 Å². The molecule has 2 aromatic carbocycles. The van der Waals surface area contributed by atoms with Crippen molar-refractivity contribution >= 4 is 0 Å². The highest BCUT2D eigenvalue weighted by Gasteiger charge is 2.20. The molecule has 1 heteroatoms. The van der Waals surface area contributed by atoms with Gasteiger partial charge in [0.1, 0.15) is 5.82 Å². The number of unbranched alkanes of at least 4 members (excludes halogenated alkanes) is 1. The first-order chi connectivity index (χ1) is 15.2. The van der Waals surface area contributed by atoms with Gasteiger partial charge in [-0.15, -0.1) is 0 Å². The van der Waals surface area contributed by atoms with Crippen LogP contribution in [0.5, 0.6) is 0 Å². The third-order valence-corrected chi connectivity index (χ3v) is 6.44. The monoisotopic (exact) mass is 414 g/mol. The van der Waals surface area contributed by atoms with Gasteiger partial charge in [0, 0.05) is 17.5 Å². The first kappa shape index (κ1) is 23.2. The minimum absolute atomic E-state index is 0.210. The fourth-order valence-electron chi connectivity index (χ4n) is 4.45. The van der Waals surface area contributed by atoms with Crippen molar-refractivity contribution in [3.63, 3.8) is 0 Å². The van der Waals surface area contributed by atoms with Crippen LogP contribution < -0.4 is 0 Å². The van der Waals surface area contributed by atoms with Crippen LogP contribution in [-0.2, 0) is 6.42 Å². The summed E-state index contributed by atoms with van der Waals surface area (Å²) in [5.74, 6) is 13.8. The van der Waals surface area contributed by atoms with Gasteiger partial charge < -0.3 is 0 Å². The molecular weight excluding hydrogens is 379 g/mol. The summed E-state index contributed by atoms with van der Waals surface area (Å²) < 4.78 is 14.6. The van der Waals surface area contributed by atoms with Crippen molar-refractivity contribution in [1.29, 1.82) is 0 Å². The number of halogens is 1. The number of hydrogen-bond acceptors (Lipinski definition) is 0. The molecule has 0 unspecified atom stereocenters. The summed E-state index contributed by atoms with van der Waals surface area (Å²) in [4.78, 5) is 0. The van der Waals surface area contributed by atoms with Gasteiger partial charge in [-0.3, -0.25) is 0 Å². The van der Waals surface area contributed by atoms with Crippen LogP contribution in [0.1, 0.15) is 93.9 Å². The molecule has 1 aliphatic carbocycles. The highest BCUT2D eigenvalue weighted by Crippen LogP contribution is 2.34. The molecule has 1 aliphatic rings. The molecule has 0 aromatic heterocycles. The van der Waals surface area contributed by atoms with E-state index < -0.39 is 0 Å². The molecule has 0 aliphatic heterocycles. The van der Waals surface area contributed by atoms with Gasteiger partial charge in [-0.05, 0) is 66.6 Å². The normalized spacial score (nSPS) is 17.9. The van der Waals surface area contributed by atoms with E-state index >= 15 is 0 Å². The zero-order valence-electron chi connectivity index (χ0n) is 19.1. The lowest BCUT2D eigenvalue weighted by Gasteiger charge is -2.28. The number of aryl methyl sites for hydroxylation is 1. The minimum Gasteiger partial charge on any atom is -0.206 e. The smallest absolute Gasteiger partial charge is 0.139 e. The van der Waals surface area contributed by atoms with Gasteiger partial charge in [-0.25, -0.2) is 4.39 Å². The van der Waals surface area contributed by atoms with Crippen LogP contribution in [0, 0.1) is 41.3 Å². The third-order valence-electron chi connectivity index (χ3n) is 6.44. The van der Waals surface area contributed by atoms with Crippen LogP contribution >= 0.6 is 0 Å². The first-order valence-corrected chi connectivity index (χ1v) is 12.1. The SMILES string of the molecule is CCC#Cc1ccc(C#Cc2ccc(CCC3CCC(CCCC)CC3)cc2F)cc1. The Morgan fingerprint density at radius 1 is 0.806 bits per heavy atom. The van der Waals surface area contributed by atoms with E-state index in [1.54, 1.807) is 6.07 Å². The molecule has 0 amide bonds. The molecule has 0 N–H and O–H groups in total. The van der Waals surface area contributed by atoms with Crippen LogP contribution in [0.15, 0.2) is 42.5 Å². The van der Waals surface area contributed by atoms with Gasteiger partial charge >= 0.3 is 0 Å². The molecule has 0 nitrogen and oxygen atoms in total. The van der Waals surface area contributed by atoms with Gasteiger partial charge in [-0.2, -0.15) is 0 Å². The van der Waals surface area contributed by atoms with Crippen LogP contribution in [0.4, 0.5) is 4.39 Å². The summed E-state index contributed by atoms with van der Waals surface area (Å²) in [6.45, 7) is 4.31. The van der Waals surface area contributed by atoms with Gasteiger partial charge in [0.25, 0.3) is 0 Å². The maximum Gasteiger partial charge on any atom is 0.139 e. The van der Waals surface area contributed by atoms with Crippen LogP contribution in [0.25, 0.3) is 0 Å². The highest BCUT2D eigenvalue weighted by atomic mass is 19.1. The van der Waals surface area contributed by atoms with E-state index in [0.717, 1.165) is 41.4 Å². The molecular formula is C30H35F. The van der Waals surface area contributed by atoms with Gasteiger partial charge in [0.05, 0.1) is 5.56 Å². The Hall–Kier alpha value is -2.51. The summed E-state index contributed by atoms with van der Waals surface area (Å²) in [7, 11) is 0. The molecule has 1 saturated carbocycles. The van der Waals surface area contributed by atoms with Gasteiger partial charge in [0.15, 0.2) is 0 Å². The molecule has 3 rings (SSSR count). The molecule has 162 valence electrons. The molecule has 0 saturated heterocycles. The zero-order valence-corrected chi connectivity index (χ0v) is 19.1. The van der Waals surface area contributed by atoms with Crippen LogP contribution in [0.2, 0.25) is 0 Å². The lowest BCUT2D eigenvalue weighted by Crippen LogP contribution is -2.15. The Kier molecular flexibility index (Phi) is 9.24. The van der Waals surface area contributed by atoms with E-state index in [-0.39, 0.29) is 5.82 Å². The van der Waals surface area contributed by atoms with Crippen molar-refractivity contribution in [2.45, 2.75) is 78.1 Å². The predicted molar refractivity (Wildman–Crippen MR) is 129 cm³/mol. The summed E-state index contributed by atoms with van der Waals surface area (Å²) in [6.07, 6.45) is 12.6. The Morgan fingerprint density at radius 2 is 1.45 bits per heavy atom.